The Labute approximate surface area is 184 Å². The van der Waals surface area contributed by atoms with Crippen LogP contribution in [0.3, 0.4) is 0 Å². The third kappa shape index (κ3) is 18.6. The minimum Gasteiger partial charge on any atom is -0.379 e. The van der Waals surface area contributed by atoms with E-state index >= 15 is 0 Å². The van der Waals surface area contributed by atoms with Crippen LogP contribution in [0.15, 0.2) is 0 Å². The molecular formula is C14H32N10S4. The van der Waals surface area contributed by atoms with Crippen molar-refractivity contribution in [2.24, 2.45) is 22.9 Å². The molecule has 0 saturated carbocycles. The highest BCUT2D eigenvalue weighted by atomic mass is 32.2. The summed E-state index contributed by atoms with van der Waals surface area (Å²) in [5, 5.41) is 29.8. The molecule has 0 amide bonds. The zero-order valence-electron chi connectivity index (χ0n) is 15.9. The second kappa shape index (κ2) is 17.1. The smallest absolute Gasteiger partial charge is 0.151 e. The Bertz CT molecular complexity index is 421. The summed E-state index contributed by atoms with van der Waals surface area (Å²) in [4.78, 5) is 4.55. The number of nitrogens with two attached hydrogens (primary N) is 4. The maximum atomic E-state index is 7.33. The van der Waals surface area contributed by atoms with Gasteiger partial charge in [-0.15, -0.1) is 0 Å². The zero-order chi connectivity index (χ0) is 21.4. The van der Waals surface area contributed by atoms with Crippen LogP contribution >= 0.6 is 47.0 Å². The maximum absolute atomic E-state index is 7.33. The van der Waals surface area contributed by atoms with E-state index < -0.39 is 0 Å². The summed E-state index contributed by atoms with van der Waals surface area (Å²) >= 11 is 5.27. The molecule has 28 heavy (non-hydrogen) atoms. The molecule has 0 aliphatic rings. The molecule has 0 aromatic heterocycles. The monoisotopic (exact) mass is 468 g/mol. The van der Waals surface area contributed by atoms with Crippen LogP contribution in [0.4, 0.5) is 0 Å². The van der Waals surface area contributed by atoms with Crippen LogP contribution in [-0.4, -0.2) is 92.8 Å². The van der Waals surface area contributed by atoms with E-state index in [0.717, 1.165) is 62.3 Å². The van der Waals surface area contributed by atoms with Gasteiger partial charge in [-0.05, 0) is 0 Å². The SMILES string of the molecule is N=C(N)SCCN(CCSC(=N)N)CCN(CCSC(=N)N)CCSC(=N)N. The average Bonchev–Trinajstić information content (AvgIpc) is 2.57. The fourth-order valence-electron chi connectivity index (χ4n) is 2.09. The standard InChI is InChI=1S/C14H32N10S4/c15-11(16)25-7-3-23(4-8-26-12(17)18)1-2-24(5-9-27-13(19)20)6-10-28-14(21)22/h1-10H2,(H3,15,16)(H3,17,18)(H3,19,20)(H3,21,22). The Kier molecular flexibility index (Phi) is 16.6. The lowest BCUT2D eigenvalue weighted by Gasteiger charge is -2.27. The summed E-state index contributed by atoms with van der Waals surface area (Å²) < 4.78 is 0. The van der Waals surface area contributed by atoms with Gasteiger partial charge >= 0.3 is 0 Å². The van der Waals surface area contributed by atoms with Crippen molar-refractivity contribution in [3.8, 4) is 0 Å². The van der Waals surface area contributed by atoms with Crippen molar-refractivity contribution in [1.29, 1.82) is 21.6 Å². The van der Waals surface area contributed by atoms with Crippen LogP contribution in [0.25, 0.3) is 0 Å². The number of nitrogens with zero attached hydrogens (tertiary/aromatic N) is 2. The number of hydrogen-bond donors (Lipinski definition) is 8. The van der Waals surface area contributed by atoms with Gasteiger partial charge in [-0.3, -0.25) is 21.6 Å². The minimum absolute atomic E-state index is 0.113. The Balaban J connectivity index is 4.57. The van der Waals surface area contributed by atoms with Gasteiger partial charge in [0.2, 0.25) is 0 Å². The highest BCUT2D eigenvalue weighted by Gasteiger charge is 2.11. The lowest BCUT2D eigenvalue weighted by atomic mass is 10.4. The van der Waals surface area contributed by atoms with Crippen molar-refractivity contribution in [3.63, 3.8) is 0 Å². The third-order valence-corrected chi connectivity index (χ3v) is 6.18. The number of amidine groups is 4. The lowest BCUT2D eigenvalue weighted by molar-refractivity contribution is 0.232. The molecule has 0 rings (SSSR count). The lowest BCUT2D eigenvalue weighted by Crippen LogP contribution is -2.39. The van der Waals surface area contributed by atoms with Gasteiger partial charge in [0.15, 0.2) is 20.7 Å². The van der Waals surface area contributed by atoms with E-state index in [2.05, 4.69) is 9.80 Å². The molecular weight excluding hydrogens is 436 g/mol. The van der Waals surface area contributed by atoms with Gasteiger partial charge in [0.25, 0.3) is 0 Å². The molecule has 12 N–H and O–H groups in total. The molecule has 0 saturated heterocycles. The Morgan fingerprint density at radius 2 is 0.679 bits per heavy atom. The first-order chi connectivity index (χ1) is 13.2. The number of nitrogens with one attached hydrogen (secondary N) is 4. The first-order valence-corrected chi connectivity index (χ1v) is 12.5. The van der Waals surface area contributed by atoms with Crippen molar-refractivity contribution < 1.29 is 0 Å². The van der Waals surface area contributed by atoms with Gasteiger partial charge in [0.1, 0.15) is 0 Å². The van der Waals surface area contributed by atoms with Crippen LogP contribution in [0.5, 0.6) is 0 Å². The van der Waals surface area contributed by atoms with Crippen molar-refractivity contribution in [3.05, 3.63) is 0 Å². The normalized spacial score (nSPS) is 11.1. The summed E-state index contributed by atoms with van der Waals surface area (Å²) in [7, 11) is 0. The highest BCUT2D eigenvalue weighted by Crippen LogP contribution is 2.06. The minimum atomic E-state index is 0.113. The first-order valence-electron chi connectivity index (χ1n) is 8.52. The Morgan fingerprint density at radius 1 is 0.464 bits per heavy atom. The topological polar surface area (TPSA) is 206 Å². The first kappa shape index (κ1) is 27.2. The fourth-order valence-corrected chi connectivity index (χ4v) is 4.37. The van der Waals surface area contributed by atoms with Gasteiger partial charge in [-0.25, -0.2) is 0 Å². The van der Waals surface area contributed by atoms with Crippen LogP contribution in [0.2, 0.25) is 0 Å². The molecule has 0 aromatic rings. The fraction of sp³-hybridized carbons (Fsp3) is 0.714. The van der Waals surface area contributed by atoms with Crippen molar-refractivity contribution >= 4 is 67.7 Å². The molecule has 10 nitrogen and oxygen atoms in total. The highest BCUT2D eigenvalue weighted by molar-refractivity contribution is 8.14. The summed E-state index contributed by atoms with van der Waals surface area (Å²) in [6, 6.07) is 0. The van der Waals surface area contributed by atoms with Gasteiger partial charge in [-0.2, -0.15) is 0 Å². The summed E-state index contributed by atoms with van der Waals surface area (Å²) in [5.41, 5.74) is 21.6. The van der Waals surface area contributed by atoms with E-state index in [0.29, 0.717) is 0 Å². The second-order valence-corrected chi connectivity index (χ2v) is 10.1. The number of rotatable bonds is 15. The van der Waals surface area contributed by atoms with E-state index in [4.69, 9.17) is 44.6 Å². The maximum Gasteiger partial charge on any atom is 0.151 e. The molecule has 0 aromatic carbocycles. The molecule has 0 radical (unpaired) electrons. The van der Waals surface area contributed by atoms with Gasteiger partial charge in [-0.1, -0.05) is 47.0 Å². The Morgan fingerprint density at radius 3 is 0.857 bits per heavy atom. The zero-order valence-corrected chi connectivity index (χ0v) is 19.2. The van der Waals surface area contributed by atoms with Crippen molar-refractivity contribution in [2.45, 2.75) is 0 Å². The molecule has 162 valence electrons. The van der Waals surface area contributed by atoms with Crippen LogP contribution in [0, 0.1) is 21.6 Å². The molecule has 0 fully saturated rings. The quantitative estimate of drug-likeness (QED) is 0.120. The number of hydrogen-bond acceptors (Lipinski definition) is 10. The van der Waals surface area contributed by atoms with Gasteiger partial charge in [0.05, 0.1) is 0 Å². The molecule has 0 unspecified atom stereocenters. The van der Waals surface area contributed by atoms with Gasteiger partial charge < -0.3 is 32.7 Å². The van der Waals surface area contributed by atoms with E-state index in [1.807, 2.05) is 0 Å². The average molecular weight is 469 g/mol. The van der Waals surface area contributed by atoms with E-state index in [-0.39, 0.29) is 20.7 Å². The summed E-state index contributed by atoms with van der Waals surface area (Å²) in [6.07, 6.45) is 0. The van der Waals surface area contributed by atoms with Crippen molar-refractivity contribution in [2.75, 3.05) is 62.3 Å². The van der Waals surface area contributed by atoms with E-state index in [1.54, 1.807) is 0 Å². The van der Waals surface area contributed by atoms with E-state index in [1.165, 1.54) is 47.0 Å². The van der Waals surface area contributed by atoms with Crippen molar-refractivity contribution in [1.82, 2.24) is 9.80 Å². The molecule has 0 aliphatic heterocycles. The molecule has 0 atom stereocenters. The largest absolute Gasteiger partial charge is 0.379 e. The van der Waals surface area contributed by atoms with Crippen LogP contribution < -0.4 is 22.9 Å². The third-order valence-electron chi connectivity index (χ3n) is 3.39. The summed E-state index contributed by atoms with van der Waals surface area (Å²) in [5.74, 6) is 2.95. The Hall–Kier alpha value is -0.800. The predicted octanol–water partition coefficient (Wildman–Crippen LogP) is 0.0971. The molecule has 0 bridgehead atoms. The molecule has 0 heterocycles. The molecule has 0 aliphatic carbocycles. The molecule has 14 heteroatoms. The van der Waals surface area contributed by atoms with Crippen LogP contribution in [-0.2, 0) is 0 Å². The predicted molar refractivity (Wildman–Crippen MR) is 130 cm³/mol. The van der Waals surface area contributed by atoms with E-state index in [9.17, 15) is 0 Å². The summed E-state index contributed by atoms with van der Waals surface area (Å²) in [6.45, 7) is 4.82. The number of thioether (sulfide) groups is 4. The molecule has 0 spiro atoms. The van der Waals surface area contributed by atoms with Crippen LogP contribution in [0.1, 0.15) is 0 Å². The second-order valence-electron chi connectivity index (χ2n) is 5.53. The van der Waals surface area contributed by atoms with Gasteiger partial charge in [0, 0.05) is 62.3 Å².